The van der Waals surface area contributed by atoms with Gasteiger partial charge in [0.1, 0.15) is 29.4 Å². The lowest BCUT2D eigenvalue weighted by molar-refractivity contribution is -0.146. The zero-order chi connectivity index (χ0) is 26.6. The van der Waals surface area contributed by atoms with Gasteiger partial charge in [-0.25, -0.2) is 18.4 Å². The SMILES string of the molecule is COC(=O)C(NC(=O)C1CC(NC(=O)Nc2ccc(F)cc2F)CN1C(=O)c1cccn1C)C(C)C. The van der Waals surface area contributed by atoms with Crippen molar-refractivity contribution in [3.63, 3.8) is 0 Å². The third-order valence-corrected chi connectivity index (χ3v) is 5.96. The Hall–Kier alpha value is -3.96. The minimum atomic E-state index is -0.994. The van der Waals surface area contributed by atoms with Crippen LogP contribution in [-0.4, -0.2) is 65.1 Å². The van der Waals surface area contributed by atoms with Crippen LogP contribution in [-0.2, 0) is 21.4 Å². The monoisotopic (exact) mass is 505 g/mol. The molecule has 0 radical (unpaired) electrons. The molecule has 1 saturated heterocycles. The van der Waals surface area contributed by atoms with E-state index in [-0.39, 0.29) is 24.6 Å². The fraction of sp³-hybridized carbons (Fsp3) is 0.417. The van der Waals surface area contributed by atoms with Crippen molar-refractivity contribution in [3.05, 3.63) is 53.9 Å². The van der Waals surface area contributed by atoms with Crippen LogP contribution in [0, 0.1) is 17.6 Å². The van der Waals surface area contributed by atoms with Gasteiger partial charge in [-0.15, -0.1) is 0 Å². The van der Waals surface area contributed by atoms with E-state index in [1.807, 2.05) is 0 Å². The molecule has 0 saturated carbocycles. The van der Waals surface area contributed by atoms with Crippen LogP contribution in [0.1, 0.15) is 30.8 Å². The first-order valence-electron chi connectivity index (χ1n) is 11.3. The lowest BCUT2D eigenvalue weighted by Crippen LogP contribution is -2.52. The van der Waals surface area contributed by atoms with E-state index in [0.717, 1.165) is 12.1 Å². The number of anilines is 1. The summed E-state index contributed by atoms with van der Waals surface area (Å²) in [6, 6.07) is 2.64. The second-order valence-electron chi connectivity index (χ2n) is 8.89. The van der Waals surface area contributed by atoms with Gasteiger partial charge in [0.05, 0.1) is 18.8 Å². The van der Waals surface area contributed by atoms with Gasteiger partial charge in [0.15, 0.2) is 0 Å². The first-order valence-corrected chi connectivity index (χ1v) is 11.3. The number of aromatic nitrogens is 1. The van der Waals surface area contributed by atoms with Crippen molar-refractivity contribution in [2.75, 3.05) is 19.0 Å². The van der Waals surface area contributed by atoms with Crippen molar-refractivity contribution >= 4 is 29.5 Å². The molecule has 0 spiro atoms. The molecule has 3 atom stereocenters. The maximum absolute atomic E-state index is 13.9. The van der Waals surface area contributed by atoms with Crippen LogP contribution < -0.4 is 16.0 Å². The number of nitrogens with one attached hydrogen (secondary N) is 3. The highest BCUT2D eigenvalue weighted by Gasteiger charge is 2.42. The van der Waals surface area contributed by atoms with Crippen molar-refractivity contribution < 1.29 is 32.7 Å². The Morgan fingerprint density at radius 1 is 1.14 bits per heavy atom. The molecule has 1 aromatic carbocycles. The molecule has 1 aliphatic rings. The topological polar surface area (TPSA) is 122 Å². The van der Waals surface area contributed by atoms with Crippen molar-refractivity contribution in [2.24, 2.45) is 13.0 Å². The molecule has 2 heterocycles. The number of benzene rings is 1. The largest absolute Gasteiger partial charge is 0.467 e. The van der Waals surface area contributed by atoms with Gasteiger partial charge in [-0.05, 0) is 36.6 Å². The Kier molecular flexibility index (Phi) is 8.28. The molecule has 3 N–H and O–H groups in total. The second kappa shape index (κ2) is 11.2. The molecule has 0 bridgehead atoms. The minimum Gasteiger partial charge on any atom is -0.467 e. The Bertz CT molecular complexity index is 1150. The molecule has 0 aliphatic carbocycles. The predicted octanol–water partition coefficient (Wildman–Crippen LogP) is 2.02. The average molecular weight is 506 g/mol. The van der Waals surface area contributed by atoms with Crippen molar-refractivity contribution in [1.82, 2.24) is 20.1 Å². The summed E-state index contributed by atoms with van der Waals surface area (Å²) in [6.45, 7) is 3.48. The van der Waals surface area contributed by atoms with E-state index >= 15 is 0 Å². The summed E-state index contributed by atoms with van der Waals surface area (Å²) in [5.74, 6) is -3.63. The fourth-order valence-electron chi connectivity index (χ4n) is 4.05. The highest BCUT2D eigenvalue weighted by Crippen LogP contribution is 2.23. The van der Waals surface area contributed by atoms with E-state index < -0.39 is 53.6 Å². The molecular weight excluding hydrogens is 476 g/mol. The van der Waals surface area contributed by atoms with Gasteiger partial charge < -0.3 is 30.2 Å². The highest BCUT2D eigenvalue weighted by atomic mass is 19.1. The first kappa shape index (κ1) is 26.6. The Balaban J connectivity index is 1.78. The number of likely N-dealkylation sites (tertiary alicyclic amines) is 1. The van der Waals surface area contributed by atoms with Crippen LogP contribution in [0.4, 0.5) is 19.3 Å². The third-order valence-electron chi connectivity index (χ3n) is 5.96. The number of carbonyl (C=O) groups excluding carboxylic acids is 4. The number of nitrogens with zero attached hydrogens (tertiary/aromatic N) is 2. The minimum absolute atomic E-state index is 0.00795. The second-order valence-corrected chi connectivity index (χ2v) is 8.89. The predicted molar refractivity (Wildman–Crippen MR) is 126 cm³/mol. The molecule has 1 aromatic heterocycles. The normalized spacial score (nSPS) is 18.0. The lowest BCUT2D eigenvalue weighted by Gasteiger charge is -2.27. The van der Waals surface area contributed by atoms with Crippen molar-refractivity contribution in [1.29, 1.82) is 0 Å². The van der Waals surface area contributed by atoms with Crippen LogP contribution >= 0.6 is 0 Å². The summed E-state index contributed by atoms with van der Waals surface area (Å²) in [5, 5.41) is 7.58. The van der Waals surface area contributed by atoms with Crippen molar-refractivity contribution in [2.45, 2.75) is 38.4 Å². The van der Waals surface area contributed by atoms with E-state index in [1.54, 1.807) is 43.8 Å². The average Bonchev–Trinajstić information content (AvgIpc) is 3.44. The zero-order valence-electron chi connectivity index (χ0n) is 20.4. The Labute approximate surface area is 207 Å². The summed E-state index contributed by atoms with van der Waals surface area (Å²) < 4.78 is 33.4. The van der Waals surface area contributed by atoms with Crippen LogP contribution in [0.15, 0.2) is 36.5 Å². The Morgan fingerprint density at radius 2 is 1.86 bits per heavy atom. The number of methoxy groups -OCH3 is 1. The number of esters is 1. The number of hydrogen-bond donors (Lipinski definition) is 3. The fourth-order valence-corrected chi connectivity index (χ4v) is 4.05. The molecule has 1 fully saturated rings. The van der Waals surface area contributed by atoms with Gasteiger partial charge in [-0.2, -0.15) is 0 Å². The van der Waals surface area contributed by atoms with Gasteiger partial charge in [-0.1, -0.05) is 13.8 Å². The zero-order valence-corrected chi connectivity index (χ0v) is 20.4. The van der Waals surface area contributed by atoms with E-state index in [4.69, 9.17) is 4.74 Å². The molecule has 10 nitrogen and oxygen atoms in total. The van der Waals surface area contributed by atoms with Gasteiger partial charge in [0.25, 0.3) is 5.91 Å². The number of rotatable bonds is 7. The van der Waals surface area contributed by atoms with E-state index in [9.17, 15) is 28.0 Å². The van der Waals surface area contributed by atoms with Gasteiger partial charge in [0.2, 0.25) is 5.91 Å². The quantitative estimate of drug-likeness (QED) is 0.497. The Morgan fingerprint density at radius 3 is 2.44 bits per heavy atom. The summed E-state index contributed by atoms with van der Waals surface area (Å²) >= 11 is 0. The number of hydrogen-bond acceptors (Lipinski definition) is 5. The van der Waals surface area contributed by atoms with Gasteiger partial charge in [-0.3, -0.25) is 9.59 Å². The summed E-state index contributed by atoms with van der Waals surface area (Å²) in [7, 11) is 2.90. The van der Waals surface area contributed by atoms with Crippen LogP contribution in [0.5, 0.6) is 0 Å². The molecular formula is C24H29F2N5O5. The number of urea groups is 1. The first-order chi connectivity index (χ1) is 17.0. The molecule has 4 amide bonds. The summed E-state index contributed by atoms with van der Waals surface area (Å²) in [5.41, 5.74) is 0.107. The lowest BCUT2D eigenvalue weighted by atomic mass is 10.0. The number of aryl methyl sites for hydroxylation is 1. The van der Waals surface area contributed by atoms with Crippen LogP contribution in [0.3, 0.4) is 0 Å². The molecule has 2 aromatic rings. The standard InChI is InChI=1S/C24H29F2N5O5/c1-13(2)20(23(34)36-4)29-21(32)19-11-15(12-31(19)22(33)18-6-5-9-30(18)3)27-24(35)28-17-8-7-14(25)10-16(17)26/h5-10,13,15,19-20H,11-12H2,1-4H3,(H,29,32)(H2,27,28,35). The summed E-state index contributed by atoms with van der Waals surface area (Å²) in [4.78, 5) is 52.4. The van der Waals surface area contributed by atoms with E-state index in [1.165, 1.54) is 12.0 Å². The number of carbonyl (C=O) groups is 4. The molecule has 3 unspecified atom stereocenters. The van der Waals surface area contributed by atoms with Crippen LogP contribution in [0.25, 0.3) is 0 Å². The molecule has 3 rings (SSSR count). The molecule has 12 heteroatoms. The summed E-state index contributed by atoms with van der Waals surface area (Å²) in [6.07, 6.45) is 1.73. The van der Waals surface area contributed by atoms with Gasteiger partial charge >= 0.3 is 12.0 Å². The van der Waals surface area contributed by atoms with Crippen molar-refractivity contribution in [3.8, 4) is 0 Å². The number of ether oxygens (including phenoxy) is 1. The van der Waals surface area contributed by atoms with Gasteiger partial charge in [0, 0.05) is 25.9 Å². The number of amides is 4. The molecule has 194 valence electrons. The molecule has 36 heavy (non-hydrogen) atoms. The van der Waals surface area contributed by atoms with E-state index in [0.29, 0.717) is 11.8 Å². The molecule has 1 aliphatic heterocycles. The van der Waals surface area contributed by atoms with E-state index in [2.05, 4.69) is 16.0 Å². The smallest absolute Gasteiger partial charge is 0.328 e. The van der Waals surface area contributed by atoms with Crippen LogP contribution in [0.2, 0.25) is 0 Å². The third kappa shape index (κ3) is 5.99. The maximum Gasteiger partial charge on any atom is 0.328 e. The number of halogens is 2. The maximum atomic E-state index is 13.9. The highest BCUT2D eigenvalue weighted by molar-refractivity contribution is 5.98.